The second-order valence-corrected chi connectivity index (χ2v) is 6.83. The van der Waals surface area contributed by atoms with Gasteiger partial charge in [0, 0.05) is 18.7 Å². The normalized spacial score (nSPS) is 21.5. The molecule has 5 nitrogen and oxygen atoms in total. The van der Waals surface area contributed by atoms with Gasteiger partial charge in [0.25, 0.3) is 0 Å². The predicted molar refractivity (Wildman–Crippen MR) is 90.7 cm³/mol. The number of ether oxygens (including phenoxy) is 1. The van der Waals surface area contributed by atoms with Crippen molar-refractivity contribution in [1.29, 1.82) is 0 Å². The highest BCUT2D eigenvalue weighted by atomic mass is 16.5. The summed E-state index contributed by atoms with van der Waals surface area (Å²) in [5.74, 6) is -1.71. The maximum atomic E-state index is 12.4. The first-order chi connectivity index (χ1) is 10.8. The van der Waals surface area contributed by atoms with Crippen molar-refractivity contribution in [2.75, 3.05) is 13.7 Å². The van der Waals surface area contributed by atoms with E-state index in [-0.39, 0.29) is 23.5 Å². The summed E-state index contributed by atoms with van der Waals surface area (Å²) in [6, 6.07) is 0. The zero-order valence-corrected chi connectivity index (χ0v) is 14.9. The van der Waals surface area contributed by atoms with Crippen LogP contribution in [-0.2, 0) is 14.3 Å². The Kier molecular flexibility index (Phi) is 6.98. The van der Waals surface area contributed by atoms with Gasteiger partial charge in [-0.2, -0.15) is 0 Å². The van der Waals surface area contributed by atoms with Gasteiger partial charge >= 0.3 is 5.97 Å². The molecule has 1 rings (SSSR count). The summed E-state index contributed by atoms with van der Waals surface area (Å²) in [6.45, 7) is 8.07. The average molecular weight is 323 g/mol. The molecule has 1 atom stereocenters. The van der Waals surface area contributed by atoms with Gasteiger partial charge in [-0.1, -0.05) is 40.0 Å². The van der Waals surface area contributed by atoms with Crippen LogP contribution in [0.3, 0.4) is 0 Å². The number of aliphatic imine (C=N–C) groups is 1. The molecule has 0 radical (unpaired) electrons. The number of methoxy groups -OCH3 is 1. The third-order valence-electron chi connectivity index (χ3n) is 4.37. The van der Waals surface area contributed by atoms with Crippen LogP contribution in [0.4, 0.5) is 0 Å². The molecule has 0 aromatic carbocycles. The molecule has 0 heterocycles. The van der Waals surface area contributed by atoms with E-state index in [1.807, 2.05) is 0 Å². The van der Waals surface area contributed by atoms with Crippen molar-refractivity contribution in [2.24, 2.45) is 16.3 Å². The van der Waals surface area contributed by atoms with Gasteiger partial charge in [0.05, 0.1) is 12.7 Å². The Morgan fingerprint density at radius 3 is 2.57 bits per heavy atom. The van der Waals surface area contributed by atoms with Crippen molar-refractivity contribution in [3.8, 4) is 0 Å². The standard InChI is InChI=1S/C18H29NO4/c1-6-7-8-9-10-19-12(2)14-13(20)11-18(3,4)15(16(14)21)17(22)23-5/h15,21H,6-11H2,1-5H3/t15-/m1/s1. The minimum Gasteiger partial charge on any atom is -0.511 e. The van der Waals surface area contributed by atoms with E-state index in [4.69, 9.17) is 4.74 Å². The van der Waals surface area contributed by atoms with Gasteiger partial charge in [0.1, 0.15) is 11.7 Å². The number of Topliss-reactive ketones (excluding diaryl/α,β-unsaturated/α-hetero) is 1. The molecule has 0 fully saturated rings. The second-order valence-electron chi connectivity index (χ2n) is 6.83. The van der Waals surface area contributed by atoms with Gasteiger partial charge in [0.2, 0.25) is 0 Å². The zero-order valence-electron chi connectivity index (χ0n) is 14.9. The fourth-order valence-electron chi connectivity index (χ4n) is 3.06. The maximum Gasteiger partial charge on any atom is 0.316 e. The number of aliphatic hydroxyl groups excluding tert-OH is 1. The van der Waals surface area contributed by atoms with Gasteiger partial charge in [0.15, 0.2) is 5.78 Å². The highest BCUT2D eigenvalue weighted by Crippen LogP contribution is 2.42. The van der Waals surface area contributed by atoms with Crippen molar-refractivity contribution >= 4 is 17.5 Å². The number of allylic oxidation sites excluding steroid dienone is 1. The molecular formula is C18H29NO4. The number of ketones is 1. The molecule has 1 aliphatic rings. The number of hydrogen-bond acceptors (Lipinski definition) is 5. The first-order valence-corrected chi connectivity index (χ1v) is 8.31. The molecule has 5 heteroatoms. The molecular weight excluding hydrogens is 294 g/mol. The van der Waals surface area contributed by atoms with E-state index < -0.39 is 17.3 Å². The summed E-state index contributed by atoms with van der Waals surface area (Å²) in [4.78, 5) is 28.8. The van der Waals surface area contributed by atoms with Crippen LogP contribution in [0.15, 0.2) is 16.3 Å². The van der Waals surface area contributed by atoms with Crippen molar-refractivity contribution in [3.05, 3.63) is 11.3 Å². The minimum absolute atomic E-state index is 0.164. The van der Waals surface area contributed by atoms with Crippen LogP contribution < -0.4 is 0 Å². The second kappa shape index (κ2) is 8.27. The molecule has 0 amide bonds. The fraction of sp³-hybridized carbons (Fsp3) is 0.722. The monoisotopic (exact) mass is 323 g/mol. The van der Waals surface area contributed by atoms with E-state index in [1.165, 1.54) is 13.5 Å². The van der Waals surface area contributed by atoms with Crippen molar-refractivity contribution < 1.29 is 19.4 Å². The third kappa shape index (κ3) is 4.66. The average Bonchev–Trinajstić information content (AvgIpc) is 2.45. The number of esters is 1. The fourth-order valence-corrected chi connectivity index (χ4v) is 3.06. The highest BCUT2D eigenvalue weighted by Gasteiger charge is 2.47. The van der Waals surface area contributed by atoms with Crippen molar-refractivity contribution in [2.45, 2.75) is 59.8 Å². The molecule has 0 saturated carbocycles. The molecule has 0 aromatic heterocycles. The van der Waals surface area contributed by atoms with Crippen LogP contribution >= 0.6 is 0 Å². The molecule has 0 unspecified atom stereocenters. The molecule has 130 valence electrons. The van der Waals surface area contributed by atoms with Gasteiger partial charge in [-0.05, 0) is 18.8 Å². The van der Waals surface area contributed by atoms with E-state index in [0.29, 0.717) is 12.3 Å². The Balaban J connectivity index is 3.04. The van der Waals surface area contributed by atoms with Gasteiger partial charge < -0.3 is 9.84 Å². The van der Waals surface area contributed by atoms with Crippen LogP contribution in [0.2, 0.25) is 0 Å². The number of unbranched alkanes of at least 4 members (excludes halogenated alkanes) is 3. The molecule has 23 heavy (non-hydrogen) atoms. The van der Waals surface area contributed by atoms with Crippen LogP contribution in [0.25, 0.3) is 0 Å². The lowest BCUT2D eigenvalue weighted by Gasteiger charge is -2.36. The van der Waals surface area contributed by atoms with E-state index in [2.05, 4.69) is 11.9 Å². The van der Waals surface area contributed by atoms with Gasteiger partial charge in [-0.15, -0.1) is 0 Å². The molecule has 0 saturated heterocycles. The number of carbonyl (C=O) groups is 2. The van der Waals surface area contributed by atoms with E-state index in [0.717, 1.165) is 19.3 Å². The van der Waals surface area contributed by atoms with Crippen LogP contribution in [0.1, 0.15) is 59.8 Å². The highest BCUT2D eigenvalue weighted by molar-refractivity contribution is 6.23. The lowest BCUT2D eigenvalue weighted by atomic mass is 9.68. The summed E-state index contributed by atoms with van der Waals surface area (Å²) in [6.07, 6.45) is 4.57. The number of hydrogen-bond donors (Lipinski definition) is 1. The van der Waals surface area contributed by atoms with Crippen LogP contribution in [0, 0.1) is 11.3 Å². The SMILES string of the molecule is CCCCCCN=C(C)C1=C(O)[C@H](C(=O)OC)C(C)(C)CC1=O. The van der Waals surface area contributed by atoms with Gasteiger partial charge in [-0.25, -0.2) is 0 Å². The molecule has 0 aliphatic heterocycles. The number of nitrogens with zero attached hydrogens (tertiary/aromatic N) is 1. The number of aliphatic hydroxyl groups is 1. The van der Waals surface area contributed by atoms with Crippen molar-refractivity contribution in [3.63, 3.8) is 0 Å². The Hall–Kier alpha value is -1.65. The first kappa shape index (κ1) is 19.4. The number of rotatable bonds is 7. The third-order valence-corrected chi connectivity index (χ3v) is 4.37. The summed E-state index contributed by atoms with van der Waals surface area (Å²) >= 11 is 0. The summed E-state index contributed by atoms with van der Waals surface area (Å²) in [7, 11) is 1.29. The first-order valence-electron chi connectivity index (χ1n) is 8.31. The minimum atomic E-state index is -0.828. The van der Waals surface area contributed by atoms with Crippen LogP contribution in [-0.4, -0.2) is 36.2 Å². The molecule has 1 aliphatic carbocycles. The molecule has 0 bridgehead atoms. The topological polar surface area (TPSA) is 76.0 Å². The van der Waals surface area contributed by atoms with E-state index in [1.54, 1.807) is 20.8 Å². The Labute approximate surface area is 138 Å². The molecule has 0 spiro atoms. The van der Waals surface area contributed by atoms with Gasteiger partial charge in [-0.3, -0.25) is 14.6 Å². The molecule has 0 aromatic rings. The quantitative estimate of drug-likeness (QED) is 0.441. The van der Waals surface area contributed by atoms with E-state index >= 15 is 0 Å². The Bertz CT molecular complexity index is 517. The van der Waals surface area contributed by atoms with E-state index in [9.17, 15) is 14.7 Å². The maximum absolute atomic E-state index is 12.4. The summed E-state index contributed by atoms with van der Waals surface area (Å²) in [5, 5.41) is 10.5. The number of carbonyl (C=O) groups excluding carboxylic acids is 2. The van der Waals surface area contributed by atoms with Crippen molar-refractivity contribution in [1.82, 2.24) is 0 Å². The largest absolute Gasteiger partial charge is 0.511 e. The summed E-state index contributed by atoms with van der Waals surface area (Å²) < 4.78 is 4.80. The Morgan fingerprint density at radius 2 is 2.00 bits per heavy atom. The van der Waals surface area contributed by atoms with Crippen LogP contribution in [0.5, 0.6) is 0 Å². The summed E-state index contributed by atoms with van der Waals surface area (Å²) in [5.41, 5.74) is 0.0303. The zero-order chi connectivity index (χ0) is 17.6. The lowest BCUT2D eigenvalue weighted by molar-refractivity contribution is -0.150. The predicted octanol–water partition coefficient (Wildman–Crippen LogP) is 3.63. The smallest absolute Gasteiger partial charge is 0.316 e. The lowest BCUT2D eigenvalue weighted by Crippen LogP contribution is -2.41. The Morgan fingerprint density at radius 1 is 1.35 bits per heavy atom. The molecule has 1 N–H and O–H groups in total.